The minimum absolute atomic E-state index is 0. The fraction of sp³-hybridized carbons (Fsp3) is 0.350. The van der Waals surface area contributed by atoms with Gasteiger partial charge in [0.2, 0.25) is 16.9 Å². The zero-order valence-corrected chi connectivity index (χ0v) is 22.4. The van der Waals surface area contributed by atoms with Crippen LogP contribution in [0.3, 0.4) is 0 Å². The standard InChI is InChI=1S/C20H24N4O7S2.Na/c1-16-15-18(24(11-12-25)10-9-21-2)5-8-20(16)23-22-17-3-6-19(7-4-17)32(26,27)14-13-31-33(28,29)30;/h3-8,15,25H,9-14H2,1H3,(H,28,29,30);/q;+1/p-1. The van der Waals surface area contributed by atoms with Crippen LogP contribution in [0, 0.1) is 13.5 Å². The van der Waals surface area contributed by atoms with Crippen LogP contribution in [0.15, 0.2) is 57.6 Å². The summed E-state index contributed by atoms with van der Waals surface area (Å²) in [4.78, 5) is 5.18. The number of sulfone groups is 1. The van der Waals surface area contributed by atoms with Crippen molar-refractivity contribution in [1.82, 2.24) is 0 Å². The first-order valence-electron chi connectivity index (χ1n) is 9.70. The van der Waals surface area contributed by atoms with E-state index in [1.807, 2.05) is 24.0 Å². The van der Waals surface area contributed by atoms with Crippen LogP contribution in [-0.2, 0) is 24.4 Å². The first kappa shape index (κ1) is 30.1. The molecule has 0 saturated heterocycles. The zero-order valence-electron chi connectivity index (χ0n) is 18.8. The molecule has 178 valence electrons. The van der Waals surface area contributed by atoms with Crippen LogP contribution in [0.2, 0.25) is 0 Å². The summed E-state index contributed by atoms with van der Waals surface area (Å²) in [5.41, 5.74) is 2.68. The molecular weight excluding hydrogens is 495 g/mol. The van der Waals surface area contributed by atoms with Crippen LogP contribution in [0.4, 0.5) is 17.1 Å². The maximum absolute atomic E-state index is 12.2. The minimum Gasteiger partial charge on any atom is -0.726 e. The number of aliphatic hydroxyl groups is 1. The number of aryl methyl sites for hydroxylation is 1. The molecule has 0 aliphatic rings. The van der Waals surface area contributed by atoms with Gasteiger partial charge in [0, 0.05) is 12.2 Å². The van der Waals surface area contributed by atoms with Gasteiger partial charge in [-0.15, -0.1) is 0 Å². The van der Waals surface area contributed by atoms with Gasteiger partial charge in [-0.25, -0.2) is 23.4 Å². The summed E-state index contributed by atoms with van der Waals surface area (Å²) in [5.74, 6) is -0.663. The van der Waals surface area contributed by atoms with Crippen LogP contribution in [0.25, 0.3) is 4.85 Å². The van der Waals surface area contributed by atoms with E-state index in [1.165, 1.54) is 24.3 Å². The van der Waals surface area contributed by atoms with Crippen molar-refractivity contribution < 1.29 is 60.2 Å². The molecule has 14 heteroatoms. The Hall–Kier alpha value is -1.89. The SMILES string of the molecule is [C-]#[N+]CCN(CCO)c1ccc(N=Nc2ccc(S(=O)(=O)CCOS(=O)(=O)[O-])cc2)c(C)c1.[Na+]. The molecule has 34 heavy (non-hydrogen) atoms. The Morgan fingerprint density at radius 1 is 1.09 bits per heavy atom. The van der Waals surface area contributed by atoms with E-state index in [1.54, 1.807) is 6.07 Å². The Morgan fingerprint density at radius 3 is 2.32 bits per heavy atom. The predicted molar refractivity (Wildman–Crippen MR) is 120 cm³/mol. The van der Waals surface area contributed by atoms with Gasteiger partial charge in [-0.1, -0.05) is 0 Å². The molecular formula is C20H23N4NaO7S2. The maximum atomic E-state index is 12.2. The van der Waals surface area contributed by atoms with Crippen molar-refractivity contribution in [3.8, 4) is 0 Å². The molecule has 2 aromatic rings. The minimum atomic E-state index is -4.96. The molecule has 0 spiro atoms. The smallest absolute Gasteiger partial charge is 0.726 e. The van der Waals surface area contributed by atoms with Crippen LogP contribution < -0.4 is 34.5 Å². The summed E-state index contributed by atoms with van der Waals surface area (Å²) >= 11 is 0. The molecule has 0 aliphatic carbocycles. The maximum Gasteiger partial charge on any atom is 1.00 e. The molecule has 0 aromatic heterocycles. The van der Waals surface area contributed by atoms with Crippen molar-refractivity contribution >= 4 is 37.3 Å². The third-order valence-corrected chi connectivity index (χ3v) is 6.60. The summed E-state index contributed by atoms with van der Waals surface area (Å²) in [6.45, 7) is 9.21. The van der Waals surface area contributed by atoms with E-state index in [4.69, 9.17) is 6.57 Å². The topological polar surface area (TPSA) is 153 Å². The number of azo groups is 1. The number of hydrogen-bond donors (Lipinski definition) is 1. The molecule has 11 nitrogen and oxygen atoms in total. The van der Waals surface area contributed by atoms with Crippen molar-refractivity contribution in [3.05, 3.63) is 59.4 Å². The van der Waals surface area contributed by atoms with Gasteiger partial charge in [0.15, 0.2) is 9.84 Å². The molecule has 0 amide bonds. The van der Waals surface area contributed by atoms with Gasteiger partial charge in [-0.05, 0) is 55.0 Å². The third-order valence-electron chi connectivity index (χ3n) is 4.45. The Labute approximate surface area is 221 Å². The van der Waals surface area contributed by atoms with Gasteiger partial charge >= 0.3 is 29.6 Å². The second-order valence-electron chi connectivity index (χ2n) is 6.81. The third kappa shape index (κ3) is 9.77. The molecule has 0 atom stereocenters. The van der Waals surface area contributed by atoms with E-state index < -0.39 is 32.6 Å². The van der Waals surface area contributed by atoms with Gasteiger partial charge in [0.1, 0.15) is 0 Å². The molecule has 0 fully saturated rings. The number of nitrogens with zero attached hydrogens (tertiary/aromatic N) is 4. The average molecular weight is 519 g/mol. The molecule has 0 bridgehead atoms. The number of rotatable bonds is 12. The number of anilines is 1. The largest absolute Gasteiger partial charge is 1.00 e. The van der Waals surface area contributed by atoms with Crippen molar-refractivity contribution in [2.24, 2.45) is 10.2 Å². The normalized spacial score (nSPS) is 11.7. The Morgan fingerprint density at radius 2 is 1.76 bits per heavy atom. The van der Waals surface area contributed by atoms with E-state index in [0.717, 1.165) is 11.3 Å². The molecule has 0 unspecified atom stereocenters. The molecule has 2 aromatic carbocycles. The average Bonchev–Trinajstić information content (AvgIpc) is 2.75. The quantitative estimate of drug-likeness (QED) is 0.128. The summed E-state index contributed by atoms with van der Waals surface area (Å²) in [7, 11) is -8.79. The summed E-state index contributed by atoms with van der Waals surface area (Å²) in [6.07, 6.45) is 0. The first-order valence-corrected chi connectivity index (χ1v) is 12.7. The van der Waals surface area contributed by atoms with Gasteiger partial charge in [-0.2, -0.15) is 10.2 Å². The number of aliphatic hydroxyl groups excluding tert-OH is 1. The fourth-order valence-electron chi connectivity index (χ4n) is 2.81. The summed E-state index contributed by atoms with van der Waals surface area (Å²) < 4.78 is 59.6. The first-order chi connectivity index (χ1) is 15.6. The Balaban J connectivity index is 0.00000578. The molecule has 0 aliphatic heterocycles. The van der Waals surface area contributed by atoms with E-state index in [2.05, 4.69) is 19.3 Å². The Kier molecular flexibility index (Phi) is 12.3. The van der Waals surface area contributed by atoms with Gasteiger partial charge < -0.3 is 19.4 Å². The van der Waals surface area contributed by atoms with Crippen molar-refractivity contribution in [2.75, 3.05) is 43.5 Å². The van der Waals surface area contributed by atoms with Crippen LogP contribution in [0.5, 0.6) is 0 Å². The summed E-state index contributed by atoms with van der Waals surface area (Å²) in [5, 5.41) is 17.5. The van der Waals surface area contributed by atoms with Crippen LogP contribution in [-0.4, -0.2) is 65.1 Å². The van der Waals surface area contributed by atoms with Gasteiger partial charge in [-0.3, -0.25) is 4.18 Å². The number of hydrogen-bond acceptors (Lipinski definition) is 10. The summed E-state index contributed by atoms with van der Waals surface area (Å²) in [6, 6.07) is 11.0. The molecule has 0 saturated carbocycles. The van der Waals surface area contributed by atoms with Crippen molar-refractivity contribution in [2.45, 2.75) is 11.8 Å². The molecule has 0 heterocycles. The van der Waals surface area contributed by atoms with E-state index in [9.17, 15) is 26.5 Å². The monoisotopic (exact) mass is 518 g/mol. The van der Waals surface area contributed by atoms with E-state index in [0.29, 0.717) is 31.0 Å². The van der Waals surface area contributed by atoms with Crippen LogP contribution in [0.1, 0.15) is 5.56 Å². The molecule has 0 radical (unpaired) electrons. The van der Waals surface area contributed by atoms with Crippen LogP contribution >= 0.6 is 0 Å². The second-order valence-corrected chi connectivity index (χ2v) is 9.97. The zero-order chi connectivity index (χ0) is 24.5. The van der Waals surface area contributed by atoms with Crippen molar-refractivity contribution in [1.29, 1.82) is 0 Å². The van der Waals surface area contributed by atoms with Gasteiger partial charge in [0.05, 0.1) is 41.8 Å². The molecule has 2 rings (SSSR count). The van der Waals surface area contributed by atoms with E-state index in [-0.39, 0.29) is 41.1 Å². The fourth-order valence-corrected chi connectivity index (χ4v) is 4.29. The van der Waals surface area contributed by atoms with Crippen molar-refractivity contribution in [3.63, 3.8) is 0 Å². The number of benzene rings is 2. The van der Waals surface area contributed by atoms with E-state index >= 15 is 0 Å². The van der Waals surface area contributed by atoms with Gasteiger partial charge in [0.25, 0.3) is 0 Å². The second kappa shape index (κ2) is 13.9. The Bertz CT molecular complexity index is 1230. The molecule has 1 N–H and O–H groups in total. The predicted octanol–water partition coefficient (Wildman–Crippen LogP) is -0.617.